The van der Waals surface area contributed by atoms with E-state index in [1.165, 1.54) is 4.90 Å². The molecule has 2 heterocycles. The molecule has 0 bridgehead atoms. The van der Waals surface area contributed by atoms with Crippen LogP contribution in [-0.4, -0.2) is 39.5 Å². The molecule has 1 aromatic rings. The number of hydrogen-bond acceptors (Lipinski definition) is 3. The summed E-state index contributed by atoms with van der Waals surface area (Å²) in [6.45, 7) is 2.33. The minimum absolute atomic E-state index is 0.0395. The molecule has 1 fully saturated rings. The molecule has 1 saturated heterocycles. The lowest BCUT2D eigenvalue weighted by Crippen LogP contribution is -2.52. The minimum atomic E-state index is -0.949. The SMILES string of the molecule is CC1CCCN(C(=O)c2cccc(Br)n2)C1C(=O)O. The largest absolute Gasteiger partial charge is 0.480 e. The molecule has 1 aromatic heterocycles. The summed E-state index contributed by atoms with van der Waals surface area (Å²) in [5, 5.41) is 9.31. The predicted octanol–water partition coefficient (Wildman–Crippen LogP) is 2.17. The number of pyridine rings is 1. The summed E-state index contributed by atoms with van der Waals surface area (Å²) in [6, 6.07) is 4.28. The van der Waals surface area contributed by atoms with E-state index in [1.54, 1.807) is 18.2 Å². The van der Waals surface area contributed by atoms with Gasteiger partial charge in [-0.15, -0.1) is 0 Å². The van der Waals surface area contributed by atoms with Crippen molar-refractivity contribution in [2.24, 2.45) is 5.92 Å². The number of carboxylic acids is 1. The molecule has 1 amide bonds. The van der Waals surface area contributed by atoms with Gasteiger partial charge in [-0.25, -0.2) is 9.78 Å². The van der Waals surface area contributed by atoms with Gasteiger partial charge >= 0.3 is 5.97 Å². The van der Waals surface area contributed by atoms with Crippen LogP contribution < -0.4 is 0 Å². The second-order valence-electron chi connectivity index (χ2n) is 4.75. The Morgan fingerprint density at radius 3 is 2.84 bits per heavy atom. The van der Waals surface area contributed by atoms with Crippen molar-refractivity contribution < 1.29 is 14.7 Å². The molecule has 0 aromatic carbocycles. The van der Waals surface area contributed by atoms with E-state index in [0.29, 0.717) is 11.1 Å². The molecule has 2 unspecified atom stereocenters. The van der Waals surface area contributed by atoms with Crippen molar-refractivity contribution in [3.05, 3.63) is 28.5 Å². The van der Waals surface area contributed by atoms with Gasteiger partial charge in [-0.3, -0.25) is 4.79 Å². The van der Waals surface area contributed by atoms with Crippen molar-refractivity contribution in [1.82, 2.24) is 9.88 Å². The van der Waals surface area contributed by atoms with Crippen molar-refractivity contribution in [1.29, 1.82) is 0 Å². The second-order valence-corrected chi connectivity index (χ2v) is 5.56. The quantitative estimate of drug-likeness (QED) is 0.845. The number of carbonyl (C=O) groups excluding carboxylic acids is 1. The van der Waals surface area contributed by atoms with E-state index in [4.69, 9.17) is 0 Å². The molecule has 2 atom stereocenters. The zero-order chi connectivity index (χ0) is 14.0. The fourth-order valence-corrected chi connectivity index (χ4v) is 2.81. The van der Waals surface area contributed by atoms with E-state index in [9.17, 15) is 14.7 Å². The average Bonchev–Trinajstić information content (AvgIpc) is 2.37. The zero-order valence-electron chi connectivity index (χ0n) is 10.5. The number of rotatable bonds is 2. The fourth-order valence-electron chi connectivity index (χ4n) is 2.47. The third-order valence-electron chi connectivity index (χ3n) is 3.38. The van der Waals surface area contributed by atoms with Gasteiger partial charge in [0.25, 0.3) is 5.91 Å². The normalized spacial score (nSPS) is 23.2. The molecular formula is C13H15BrN2O3. The van der Waals surface area contributed by atoms with Crippen molar-refractivity contribution in [3.63, 3.8) is 0 Å². The topological polar surface area (TPSA) is 70.5 Å². The Balaban J connectivity index is 2.28. The molecule has 102 valence electrons. The summed E-state index contributed by atoms with van der Waals surface area (Å²) in [4.78, 5) is 29.3. The number of aliphatic carboxylic acids is 1. The fraction of sp³-hybridized carbons (Fsp3) is 0.462. The summed E-state index contributed by atoms with van der Waals surface area (Å²) in [5.41, 5.74) is 0.273. The number of amides is 1. The van der Waals surface area contributed by atoms with Crippen LogP contribution in [0, 0.1) is 5.92 Å². The van der Waals surface area contributed by atoms with Crippen LogP contribution in [0.1, 0.15) is 30.3 Å². The molecule has 1 aliphatic heterocycles. The predicted molar refractivity (Wildman–Crippen MR) is 72.8 cm³/mol. The summed E-state index contributed by atoms with van der Waals surface area (Å²) in [5.74, 6) is -1.31. The summed E-state index contributed by atoms with van der Waals surface area (Å²) < 4.78 is 0.565. The van der Waals surface area contributed by atoms with Gasteiger partial charge in [-0.1, -0.05) is 13.0 Å². The van der Waals surface area contributed by atoms with Gasteiger partial charge in [-0.05, 0) is 46.8 Å². The summed E-state index contributed by atoms with van der Waals surface area (Å²) in [7, 11) is 0. The van der Waals surface area contributed by atoms with E-state index in [2.05, 4.69) is 20.9 Å². The molecule has 0 saturated carbocycles. The van der Waals surface area contributed by atoms with Gasteiger partial charge in [0.05, 0.1) is 0 Å². The van der Waals surface area contributed by atoms with Gasteiger partial charge in [-0.2, -0.15) is 0 Å². The number of carbonyl (C=O) groups is 2. The van der Waals surface area contributed by atoms with Crippen LogP contribution in [0.15, 0.2) is 22.8 Å². The maximum atomic E-state index is 12.4. The van der Waals surface area contributed by atoms with Gasteiger partial charge in [0.15, 0.2) is 0 Å². The highest BCUT2D eigenvalue weighted by Crippen LogP contribution is 2.25. The van der Waals surface area contributed by atoms with Gasteiger partial charge in [0, 0.05) is 6.54 Å². The molecule has 0 aliphatic carbocycles. The molecular weight excluding hydrogens is 312 g/mol. The lowest BCUT2D eigenvalue weighted by molar-refractivity contribution is -0.145. The number of carboxylic acid groups (broad SMARTS) is 1. The Morgan fingerprint density at radius 1 is 1.47 bits per heavy atom. The van der Waals surface area contributed by atoms with Crippen molar-refractivity contribution in [2.75, 3.05) is 6.54 Å². The van der Waals surface area contributed by atoms with Crippen LogP contribution in [0.25, 0.3) is 0 Å². The smallest absolute Gasteiger partial charge is 0.326 e. The number of halogens is 1. The maximum absolute atomic E-state index is 12.4. The van der Waals surface area contributed by atoms with Gasteiger partial charge in [0.1, 0.15) is 16.3 Å². The standard InChI is InChI=1S/C13H15BrN2O3/c1-8-4-3-7-16(11(8)13(18)19)12(17)9-5-2-6-10(14)15-9/h2,5-6,8,11H,3-4,7H2,1H3,(H,18,19). The summed E-state index contributed by atoms with van der Waals surface area (Å²) >= 11 is 3.21. The van der Waals surface area contributed by atoms with Crippen molar-refractivity contribution in [3.8, 4) is 0 Å². The molecule has 0 spiro atoms. The van der Waals surface area contributed by atoms with Crippen LogP contribution in [0.5, 0.6) is 0 Å². The minimum Gasteiger partial charge on any atom is -0.480 e. The highest BCUT2D eigenvalue weighted by Gasteiger charge is 2.37. The number of piperidine rings is 1. The third kappa shape index (κ3) is 2.94. The Hall–Kier alpha value is -1.43. The number of nitrogens with zero attached hydrogens (tertiary/aromatic N) is 2. The molecule has 6 heteroatoms. The lowest BCUT2D eigenvalue weighted by Gasteiger charge is -2.37. The zero-order valence-corrected chi connectivity index (χ0v) is 12.1. The lowest BCUT2D eigenvalue weighted by atomic mass is 9.90. The average molecular weight is 327 g/mol. The van der Waals surface area contributed by atoms with E-state index in [0.717, 1.165) is 12.8 Å². The van der Waals surface area contributed by atoms with Crippen LogP contribution in [0.3, 0.4) is 0 Å². The van der Waals surface area contributed by atoms with E-state index >= 15 is 0 Å². The molecule has 19 heavy (non-hydrogen) atoms. The molecule has 0 radical (unpaired) electrons. The molecule has 1 aliphatic rings. The monoisotopic (exact) mass is 326 g/mol. The third-order valence-corrected chi connectivity index (χ3v) is 3.82. The van der Waals surface area contributed by atoms with Crippen LogP contribution >= 0.6 is 15.9 Å². The molecule has 2 rings (SSSR count). The highest BCUT2D eigenvalue weighted by atomic mass is 79.9. The number of hydrogen-bond donors (Lipinski definition) is 1. The highest BCUT2D eigenvalue weighted by molar-refractivity contribution is 9.10. The second kappa shape index (κ2) is 5.69. The Morgan fingerprint density at radius 2 is 2.21 bits per heavy atom. The Labute approximate surface area is 119 Å². The first-order valence-corrected chi connectivity index (χ1v) is 6.96. The molecule has 1 N–H and O–H groups in total. The van der Waals surface area contributed by atoms with Crippen molar-refractivity contribution >= 4 is 27.8 Å². The summed E-state index contributed by atoms with van der Waals surface area (Å²) in [6.07, 6.45) is 1.65. The van der Waals surface area contributed by atoms with E-state index in [-0.39, 0.29) is 17.5 Å². The maximum Gasteiger partial charge on any atom is 0.326 e. The van der Waals surface area contributed by atoms with Gasteiger partial charge in [0.2, 0.25) is 0 Å². The Kier molecular flexibility index (Phi) is 4.19. The Bertz CT molecular complexity index is 506. The van der Waals surface area contributed by atoms with Crippen molar-refractivity contribution in [2.45, 2.75) is 25.8 Å². The first-order chi connectivity index (χ1) is 9.00. The number of aromatic nitrogens is 1. The van der Waals surface area contributed by atoms with Crippen LogP contribution in [0.4, 0.5) is 0 Å². The van der Waals surface area contributed by atoms with Gasteiger partial charge < -0.3 is 10.0 Å². The van der Waals surface area contributed by atoms with Crippen LogP contribution in [0.2, 0.25) is 0 Å². The first-order valence-electron chi connectivity index (χ1n) is 6.17. The first kappa shape index (κ1) is 14.0. The number of likely N-dealkylation sites (tertiary alicyclic amines) is 1. The molecule has 5 nitrogen and oxygen atoms in total. The van der Waals surface area contributed by atoms with E-state index < -0.39 is 12.0 Å². The van der Waals surface area contributed by atoms with E-state index in [1.807, 2.05) is 6.92 Å². The van der Waals surface area contributed by atoms with Crippen LogP contribution in [-0.2, 0) is 4.79 Å².